The minimum atomic E-state index is -0.382. The van der Waals surface area contributed by atoms with E-state index in [0.717, 1.165) is 11.3 Å². The van der Waals surface area contributed by atoms with Gasteiger partial charge in [0, 0.05) is 10.7 Å². The van der Waals surface area contributed by atoms with Crippen molar-refractivity contribution in [3.05, 3.63) is 99.3 Å². The van der Waals surface area contributed by atoms with Gasteiger partial charge in [0.05, 0.1) is 22.2 Å². The van der Waals surface area contributed by atoms with Crippen LogP contribution in [-0.4, -0.2) is 24.7 Å². The number of halogens is 2. The van der Waals surface area contributed by atoms with Crippen LogP contribution in [0.2, 0.25) is 5.02 Å². The normalized spacial score (nSPS) is 11.2. The summed E-state index contributed by atoms with van der Waals surface area (Å²) in [6.45, 7) is 2.00. The predicted octanol–water partition coefficient (Wildman–Crippen LogP) is 5.56. The molecule has 0 amide bonds. The van der Waals surface area contributed by atoms with Crippen molar-refractivity contribution in [2.24, 2.45) is 0 Å². The van der Waals surface area contributed by atoms with Crippen LogP contribution in [0, 0.1) is 12.7 Å². The molecule has 164 valence electrons. The highest BCUT2D eigenvalue weighted by molar-refractivity contribution is 7.98. The average molecular weight is 478 g/mol. The molecule has 0 spiro atoms. The van der Waals surface area contributed by atoms with Crippen LogP contribution in [0.5, 0.6) is 0 Å². The number of hydrogen-bond donors (Lipinski definition) is 1. The average Bonchev–Trinajstić information content (AvgIpc) is 3.22. The summed E-state index contributed by atoms with van der Waals surface area (Å²) in [5.74, 6) is 0.822. The molecule has 1 N–H and O–H groups in total. The minimum Gasteiger partial charge on any atom is -0.309 e. The zero-order valence-corrected chi connectivity index (χ0v) is 19.0. The third-order valence-electron chi connectivity index (χ3n) is 5.10. The first-order valence-electron chi connectivity index (χ1n) is 10.1. The zero-order valence-electron chi connectivity index (χ0n) is 17.4. The molecule has 0 aliphatic heterocycles. The Bertz CT molecular complexity index is 1530. The maximum atomic E-state index is 14.6. The number of aryl methyl sites for hydroxylation is 1. The third kappa shape index (κ3) is 4.27. The molecule has 33 heavy (non-hydrogen) atoms. The highest BCUT2D eigenvalue weighted by atomic mass is 35.5. The Hall–Kier alpha value is -3.49. The molecule has 0 bridgehead atoms. The van der Waals surface area contributed by atoms with Crippen LogP contribution in [0.4, 0.5) is 4.39 Å². The molecule has 0 saturated carbocycles. The van der Waals surface area contributed by atoms with E-state index in [4.69, 9.17) is 11.6 Å². The fraction of sp³-hybridized carbons (Fsp3) is 0.0833. The Labute approximate surface area is 197 Å². The number of nitrogens with zero attached hydrogens (tertiary/aromatic N) is 4. The van der Waals surface area contributed by atoms with Gasteiger partial charge in [-0.15, -0.1) is 10.2 Å². The molecular formula is C24H17ClFN5OS. The van der Waals surface area contributed by atoms with Crippen LogP contribution >= 0.6 is 23.4 Å². The molecule has 5 rings (SSSR count). The molecular weight excluding hydrogens is 461 g/mol. The van der Waals surface area contributed by atoms with Gasteiger partial charge < -0.3 is 4.98 Å². The second-order valence-corrected chi connectivity index (χ2v) is 8.80. The molecule has 0 unspecified atom stereocenters. The van der Waals surface area contributed by atoms with Gasteiger partial charge >= 0.3 is 0 Å². The quantitative estimate of drug-likeness (QED) is 0.335. The molecule has 0 saturated heterocycles. The Kier molecular flexibility index (Phi) is 5.70. The standard InChI is InChI=1S/C24H17ClFN5OS/c1-14-6-9-16(10-7-14)31-22(17-4-2-3-5-19(17)26)29-30-24(31)33-13-21-27-20-12-15(25)8-11-18(20)23(32)28-21/h2-12H,13H2,1H3,(H,27,28,32). The third-order valence-corrected chi connectivity index (χ3v) is 6.27. The lowest BCUT2D eigenvalue weighted by Gasteiger charge is -2.11. The van der Waals surface area contributed by atoms with Crippen LogP contribution < -0.4 is 5.56 Å². The van der Waals surface area contributed by atoms with E-state index in [-0.39, 0.29) is 11.4 Å². The number of aromatic nitrogens is 5. The van der Waals surface area contributed by atoms with Crippen molar-refractivity contribution in [1.29, 1.82) is 0 Å². The monoisotopic (exact) mass is 477 g/mol. The number of rotatable bonds is 5. The fourth-order valence-electron chi connectivity index (χ4n) is 3.47. The van der Waals surface area contributed by atoms with Crippen molar-refractivity contribution in [3.8, 4) is 17.1 Å². The lowest BCUT2D eigenvalue weighted by molar-refractivity contribution is 0.629. The molecule has 6 nitrogen and oxygen atoms in total. The number of nitrogens with one attached hydrogen (secondary N) is 1. The van der Waals surface area contributed by atoms with E-state index in [1.807, 2.05) is 31.2 Å². The Morgan fingerprint density at radius 3 is 2.64 bits per heavy atom. The van der Waals surface area contributed by atoms with Crippen molar-refractivity contribution in [3.63, 3.8) is 0 Å². The number of aromatic amines is 1. The van der Waals surface area contributed by atoms with Gasteiger partial charge in [0.2, 0.25) is 0 Å². The lowest BCUT2D eigenvalue weighted by Crippen LogP contribution is -2.11. The van der Waals surface area contributed by atoms with Crippen molar-refractivity contribution < 1.29 is 4.39 Å². The van der Waals surface area contributed by atoms with Crippen LogP contribution in [0.3, 0.4) is 0 Å². The maximum Gasteiger partial charge on any atom is 0.258 e. The predicted molar refractivity (Wildman–Crippen MR) is 128 cm³/mol. The minimum absolute atomic E-state index is 0.237. The molecule has 5 aromatic rings. The van der Waals surface area contributed by atoms with E-state index in [1.54, 1.807) is 41.0 Å². The smallest absolute Gasteiger partial charge is 0.258 e. The van der Waals surface area contributed by atoms with Crippen molar-refractivity contribution in [2.75, 3.05) is 0 Å². The second-order valence-electron chi connectivity index (χ2n) is 7.42. The highest BCUT2D eigenvalue weighted by Crippen LogP contribution is 2.30. The van der Waals surface area contributed by atoms with Gasteiger partial charge in [-0.25, -0.2) is 9.37 Å². The number of hydrogen-bond acceptors (Lipinski definition) is 5. The summed E-state index contributed by atoms with van der Waals surface area (Å²) >= 11 is 7.40. The zero-order chi connectivity index (χ0) is 22.9. The molecule has 2 aromatic heterocycles. The van der Waals surface area contributed by atoms with Gasteiger partial charge in [-0.05, 0) is 49.4 Å². The van der Waals surface area contributed by atoms with E-state index in [9.17, 15) is 9.18 Å². The second kappa shape index (κ2) is 8.80. The maximum absolute atomic E-state index is 14.6. The summed E-state index contributed by atoms with van der Waals surface area (Å²) in [4.78, 5) is 19.8. The molecule has 0 radical (unpaired) electrons. The number of H-pyrrole nitrogens is 1. The van der Waals surface area contributed by atoms with Crippen LogP contribution in [-0.2, 0) is 5.75 Å². The molecule has 0 aliphatic carbocycles. The van der Waals surface area contributed by atoms with Crippen LogP contribution in [0.25, 0.3) is 28.0 Å². The van der Waals surface area contributed by atoms with E-state index in [2.05, 4.69) is 20.2 Å². The van der Waals surface area contributed by atoms with E-state index >= 15 is 0 Å². The Morgan fingerprint density at radius 1 is 1.06 bits per heavy atom. The number of fused-ring (bicyclic) bond motifs is 1. The first-order chi connectivity index (χ1) is 16.0. The highest BCUT2D eigenvalue weighted by Gasteiger charge is 2.19. The SMILES string of the molecule is Cc1ccc(-n2c(SCc3nc4cc(Cl)ccc4c(=O)[nH]3)nnc2-c2ccccc2F)cc1. The van der Waals surface area contributed by atoms with Gasteiger partial charge in [-0.2, -0.15) is 0 Å². The van der Waals surface area contributed by atoms with Crippen molar-refractivity contribution >= 4 is 34.3 Å². The molecule has 3 aromatic carbocycles. The molecule has 0 fully saturated rings. The first kappa shape index (κ1) is 21.4. The summed E-state index contributed by atoms with van der Waals surface area (Å²) in [5.41, 5.74) is 2.54. The summed E-state index contributed by atoms with van der Waals surface area (Å²) in [5, 5.41) is 10.1. The van der Waals surface area contributed by atoms with Crippen LogP contribution in [0.15, 0.2) is 76.7 Å². The Balaban J connectivity index is 1.55. The fourth-order valence-corrected chi connectivity index (χ4v) is 4.46. The van der Waals surface area contributed by atoms with Gasteiger partial charge in [-0.3, -0.25) is 9.36 Å². The van der Waals surface area contributed by atoms with Gasteiger partial charge in [0.25, 0.3) is 5.56 Å². The molecule has 0 atom stereocenters. The molecule has 9 heteroatoms. The largest absolute Gasteiger partial charge is 0.309 e. The van der Waals surface area contributed by atoms with E-state index in [1.165, 1.54) is 17.8 Å². The van der Waals surface area contributed by atoms with Gasteiger partial charge in [-0.1, -0.05) is 53.2 Å². The topological polar surface area (TPSA) is 76.5 Å². The summed E-state index contributed by atoms with van der Waals surface area (Å²) < 4.78 is 16.4. The van der Waals surface area contributed by atoms with Crippen LogP contribution in [0.1, 0.15) is 11.4 Å². The summed E-state index contributed by atoms with van der Waals surface area (Å²) in [6, 6.07) is 19.2. The number of benzene rings is 3. The Morgan fingerprint density at radius 2 is 1.85 bits per heavy atom. The van der Waals surface area contributed by atoms with E-state index < -0.39 is 0 Å². The first-order valence-corrected chi connectivity index (χ1v) is 11.4. The van der Waals surface area contributed by atoms with Crippen molar-refractivity contribution in [2.45, 2.75) is 17.8 Å². The van der Waals surface area contributed by atoms with Crippen molar-refractivity contribution in [1.82, 2.24) is 24.7 Å². The van der Waals surface area contributed by atoms with Gasteiger partial charge in [0.1, 0.15) is 11.6 Å². The lowest BCUT2D eigenvalue weighted by atomic mass is 10.2. The molecule has 2 heterocycles. The molecule has 0 aliphatic rings. The summed E-state index contributed by atoms with van der Waals surface area (Å²) in [6.07, 6.45) is 0. The van der Waals surface area contributed by atoms with Gasteiger partial charge in [0.15, 0.2) is 11.0 Å². The number of thioether (sulfide) groups is 1. The summed E-state index contributed by atoms with van der Waals surface area (Å²) in [7, 11) is 0. The van der Waals surface area contributed by atoms with E-state index in [0.29, 0.717) is 44.0 Å².